The fourth-order valence-electron chi connectivity index (χ4n) is 0.671. The molecule has 0 saturated heterocycles. The fourth-order valence-corrected chi connectivity index (χ4v) is 2.01. The van der Waals surface area contributed by atoms with Crippen LogP contribution in [-0.4, -0.2) is 25.2 Å². The Bertz CT molecular complexity index is 80.1. The van der Waals surface area contributed by atoms with E-state index < -0.39 is 5.96 Å². The molecule has 0 aromatic heterocycles. The van der Waals surface area contributed by atoms with E-state index in [1.807, 2.05) is 0 Å². The molecule has 2 heteroatoms. The van der Waals surface area contributed by atoms with Crippen molar-refractivity contribution in [2.45, 2.75) is 20.8 Å². The zero-order valence-electron chi connectivity index (χ0n) is 6.95. The van der Waals surface area contributed by atoms with Gasteiger partial charge in [0, 0.05) is 0 Å². The molecule has 0 fully saturated rings. The summed E-state index contributed by atoms with van der Waals surface area (Å²) in [5, 5.41) is 0. The molecule has 0 unspecified atom stereocenters. The number of hydrogen-bond acceptors (Lipinski definition) is 0. The van der Waals surface area contributed by atoms with E-state index in [9.17, 15) is 0 Å². The fraction of sp³-hybridized carbons (Fsp3) is 1.00. The molecule has 9 heavy (non-hydrogen) atoms. The van der Waals surface area contributed by atoms with Crippen LogP contribution < -0.4 is 0 Å². The maximum absolute atomic E-state index is 6.48. The maximum atomic E-state index is 6.48. The summed E-state index contributed by atoms with van der Waals surface area (Å²) in [4.78, 5) is 0. The Morgan fingerprint density at radius 1 is 1.00 bits per heavy atom. The van der Waals surface area contributed by atoms with E-state index in [-0.39, 0.29) is 0 Å². The average molecular weight is 169 g/mol. The van der Waals surface area contributed by atoms with Crippen molar-refractivity contribution in [2.75, 3.05) is 25.2 Å². The Kier molecular flexibility index (Phi) is 2.98. The summed E-state index contributed by atoms with van der Waals surface area (Å²) in [6.45, 7) is 8.89. The Morgan fingerprint density at radius 3 is 1.22 bits per heavy atom. The molecule has 0 saturated carbocycles. The molecule has 0 aromatic carbocycles. The normalized spacial score (nSPS) is 16.8. The predicted octanol–water partition coefficient (Wildman–Crippen LogP) is 3.38. The van der Waals surface area contributed by atoms with E-state index in [4.69, 9.17) is 11.2 Å². The summed E-state index contributed by atoms with van der Waals surface area (Å²) in [6, 6.07) is 0. The molecular weight excluding hydrogens is 151 g/mol. The molecule has 0 heterocycles. The summed E-state index contributed by atoms with van der Waals surface area (Å²) in [6.07, 6.45) is 3.54. The van der Waals surface area contributed by atoms with E-state index in [1.165, 1.54) is 18.5 Å². The van der Waals surface area contributed by atoms with Crippen LogP contribution in [0.2, 0.25) is 0 Å². The molecule has 0 atom stereocenters. The number of hydrogen-bond donors (Lipinski definition) is 0. The molecule has 0 amide bonds. The number of halogens is 1. The second-order valence-electron chi connectivity index (χ2n) is 3.10. The van der Waals surface area contributed by atoms with Gasteiger partial charge >= 0.3 is 63.1 Å². The molecule has 58 valence electrons. The van der Waals surface area contributed by atoms with Crippen LogP contribution in [0.5, 0.6) is 0 Å². The van der Waals surface area contributed by atoms with E-state index in [0.29, 0.717) is 0 Å². The van der Waals surface area contributed by atoms with Crippen LogP contribution in [0.4, 0.5) is 0 Å². The van der Waals surface area contributed by atoms with Crippen molar-refractivity contribution >= 4 is 17.2 Å². The third-order valence-electron chi connectivity index (χ3n) is 2.65. The van der Waals surface area contributed by atoms with Crippen LogP contribution in [-0.2, 0) is 0 Å². The Labute approximate surface area is 63.7 Å². The van der Waals surface area contributed by atoms with Gasteiger partial charge in [0.25, 0.3) is 0 Å². The minimum absolute atomic E-state index is 1.18. The third kappa shape index (κ3) is 2.43. The third-order valence-corrected chi connectivity index (χ3v) is 10.1. The molecule has 0 aliphatic heterocycles. The molecule has 0 rings (SSSR count). The zero-order valence-corrected chi connectivity index (χ0v) is 8.60. The number of rotatable bonds is 3. The Balaban J connectivity index is 4.20. The first kappa shape index (κ1) is 9.72. The molecule has 0 aliphatic carbocycles. The Morgan fingerprint density at radius 2 is 1.22 bits per heavy atom. The van der Waals surface area contributed by atoms with E-state index in [2.05, 4.69) is 27.4 Å². The van der Waals surface area contributed by atoms with Crippen molar-refractivity contribution in [3.05, 3.63) is 0 Å². The quantitative estimate of drug-likeness (QED) is 0.567. The molecule has 0 N–H and O–H groups in total. The molecule has 0 bridgehead atoms. The summed E-state index contributed by atoms with van der Waals surface area (Å²) in [5.41, 5.74) is 0. The van der Waals surface area contributed by atoms with Crippen LogP contribution >= 0.6 is 17.2 Å². The van der Waals surface area contributed by atoms with Gasteiger partial charge in [-0.25, -0.2) is 0 Å². The molecule has 0 radical (unpaired) electrons. The van der Waals surface area contributed by atoms with Crippen LogP contribution in [0.15, 0.2) is 0 Å². The monoisotopic (exact) mass is 168 g/mol. The first-order chi connectivity index (χ1) is 3.96. The summed E-state index contributed by atoms with van der Waals surface area (Å²) in [7, 11) is 0. The van der Waals surface area contributed by atoms with Gasteiger partial charge in [0.05, 0.1) is 0 Å². The molecular formula is C7H18ClP. The van der Waals surface area contributed by atoms with Crippen LogP contribution in [0.1, 0.15) is 20.8 Å². The van der Waals surface area contributed by atoms with Crippen molar-refractivity contribution in [3.63, 3.8) is 0 Å². The van der Waals surface area contributed by atoms with Gasteiger partial charge in [-0.3, -0.25) is 0 Å². The first-order valence-electron chi connectivity index (χ1n) is 3.69. The van der Waals surface area contributed by atoms with Crippen molar-refractivity contribution in [2.24, 2.45) is 0 Å². The molecule has 0 aromatic rings. The molecule has 0 nitrogen and oxygen atoms in total. The second kappa shape index (κ2) is 2.76. The summed E-state index contributed by atoms with van der Waals surface area (Å²) >= 11 is 6.48. The van der Waals surface area contributed by atoms with E-state index in [1.54, 1.807) is 0 Å². The standard InChI is InChI=1S/C7H18ClP/c1-5-9(4,8,6-2)7-3/h5-7H2,1-4H3. The van der Waals surface area contributed by atoms with Crippen molar-refractivity contribution < 1.29 is 0 Å². The van der Waals surface area contributed by atoms with Gasteiger partial charge in [0.15, 0.2) is 0 Å². The van der Waals surface area contributed by atoms with Crippen LogP contribution in [0, 0.1) is 0 Å². The SMILES string of the molecule is CCP(C)(Cl)(CC)CC. The Hall–Kier alpha value is 0.720. The second-order valence-corrected chi connectivity index (χ2v) is 12.5. The van der Waals surface area contributed by atoms with Gasteiger partial charge in [0.1, 0.15) is 0 Å². The van der Waals surface area contributed by atoms with E-state index in [0.717, 1.165) is 0 Å². The van der Waals surface area contributed by atoms with Gasteiger partial charge in [-0.2, -0.15) is 0 Å². The van der Waals surface area contributed by atoms with Crippen molar-refractivity contribution in [1.82, 2.24) is 0 Å². The van der Waals surface area contributed by atoms with Crippen LogP contribution in [0.3, 0.4) is 0 Å². The first-order valence-corrected chi connectivity index (χ1v) is 7.83. The van der Waals surface area contributed by atoms with E-state index >= 15 is 0 Å². The minimum atomic E-state index is -1.65. The molecule has 0 aliphatic rings. The van der Waals surface area contributed by atoms with Gasteiger partial charge in [0.2, 0.25) is 0 Å². The molecule has 0 spiro atoms. The van der Waals surface area contributed by atoms with Crippen molar-refractivity contribution in [3.8, 4) is 0 Å². The topological polar surface area (TPSA) is 0 Å². The summed E-state index contributed by atoms with van der Waals surface area (Å²) < 4.78 is 0. The van der Waals surface area contributed by atoms with Crippen LogP contribution in [0.25, 0.3) is 0 Å². The summed E-state index contributed by atoms with van der Waals surface area (Å²) in [5.74, 6) is -1.65. The van der Waals surface area contributed by atoms with Crippen molar-refractivity contribution in [1.29, 1.82) is 0 Å². The van der Waals surface area contributed by atoms with Gasteiger partial charge in [-0.15, -0.1) is 0 Å². The van der Waals surface area contributed by atoms with Gasteiger partial charge in [-0.1, -0.05) is 0 Å². The van der Waals surface area contributed by atoms with Gasteiger partial charge < -0.3 is 0 Å². The predicted molar refractivity (Wildman–Crippen MR) is 50.3 cm³/mol. The zero-order chi connectivity index (χ0) is 7.57. The van der Waals surface area contributed by atoms with Gasteiger partial charge in [-0.05, 0) is 0 Å². The average Bonchev–Trinajstić information content (AvgIpc) is 1.90.